The van der Waals surface area contributed by atoms with Gasteiger partial charge in [0.15, 0.2) is 0 Å². The van der Waals surface area contributed by atoms with Crippen LogP contribution >= 0.6 is 0 Å². The molecule has 0 fully saturated rings. The average Bonchev–Trinajstić information content (AvgIpc) is 2.57. The third kappa shape index (κ3) is 3.50. The van der Waals surface area contributed by atoms with Crippen LogP contribution in [0.2, 0.25) is 0 Å². The summed E-state index contributed by atoms with van der Waals surface area (Å²) in [5.74, 6) is 0. The number of nitrogens with zero attached hydrogens (tertiary/aromatic N) is 1. The lowest BCUT2D eigenvalue weighted by atomic mass is 10.2. The first-order valence-electron chi connectivity index (χ1n) is 4.14. The first-order valence-corrected chi connectivity index (χ1v) is 4.14. The molecule has 2 N–H and O–H groups in total. The van der Waals surface area contributed by atoms with Gasteiger partial charge in [-0.1, -0.05) is 5.16 Å². The maximum atomic E-state index is 8.46. The zero-order chi connectivity index (χ0) is 8.65. The van der Waals surface area contributed by atoms with Gasteiger partial charge in [-0.2, -0.15) is 0 Å². The number of nitrogens with one attached hydrogen (secondary N) is 1. The second-order valence-electron chi connectivity index (χ2n) is 2.57. The summed E-state index contributed by atoms with van der Waals surface area (Å²) in [6, 6.07) is 1.87. The molecule has 0 aliphatic rings. The van der Waals surface area contributed by atoms with Crippen molar-refractivity contribution >= 4 is 0 Å². The minimum Gasteiger partial charge on any atom is -0.395 e. The van der Waals surface area contributed by atoms with E-state index in [1.807, 2.05) is 6.07 Å². The Morgan fingerprint density at radius 2 is 2.42 bits per heavy atom. The van der Waals surface area contributed by atoms with Crippen LogP contribution in [0.1, 0.15) is 12.1 Å². The van der Waals surface area contributed by atoms with Crippen LogP contribution in [0.4, 0.5) is 0 Å². The van der Waals surface area contributed by atoms with Crippen molar-refractivity contribution in [3.63, 3.8) is 0 Å². The molecule has 1 heterocycles. The second-order valence-corrected chi connectivity index (χ2v) is 2.57. The minimum absolute atomic E-state index is 0.198. The molecule has 0 aliphatic heterocycles. The monoisotopic (exact) mass is 170 g/mol. The molecule has 12 heavy (non-hydrogen) atoms. The Kier molecular flexibility index (Phi) is 4.41. The molecule has 4 nitrogen and oxygen atoms in total. The first-order chi connectivity index (χ1) is 5.93. The van der Waals surface area contributed by atoms with Crippen LogP contribution < -0.4 is 5.32 Å². The van der Waals surface area contributed by atoms with Gasteiger partial charge in [0, 0.05) is 12.6 Å². The molecular weight excluding hydrogens is 156 g/mol. The summed E-state index contributed by atoms with van der Waals surface area (Å²) in [7, 11) is 0. The summed E-state index contributed by atoms with van der Waals surface area (Å²) in [6.07, 6.45) is 3.53. The average molecular weight is 170 g/mol. The van der Waals surface area contributed by atoms with Gasteiger partial charge >= 0.3 is 0 Å². The second kappa shape index (κ2) is 5.74. The highest BCUT2D eigenvalue weighted by Gasteiger charge is 1.94. The summed E-state index contributed by atoms with van der Waals surface area (Å²) >= 11 is 0. The molecule has 0 aromatic carbocycles. The van der Waals surface area contributed by atoms with Gasteiger partial charge in [0.25, 0.3) is 0 Å². The van der Waals surface area contributed by atoms with Crippen molar-refractivity contribution in [2.24, 2.45) is 0 Å². The number of hydrogen-bond donors (Lipinski definition) is 2. The SMILES string of the molecule is OCCNCCCc1ccon1. The Hall–Kier alpha value is -0.870. The smallest absolute Gasteiger partial charge is 0.124 e. The van der Waals surface area contributed by atoms with E-state index in [4.69, 9.17) is 5.11 Å². The molecular formula is C8H14N2O2. The molecule has 4 heteroatoms. The largest absolute Gasteiger partial charge is 0.395 e. The lowest BCUT2D eigenvalue weighted by Gasteiger charge is -1.99. The van der Waals surface area contributed by atoms with Crippen LogP contribution in [-0.2, 0) is 6.42 Å². The van der Waals surface area contributed by atoms with Crippen LogP contribution in [0.15, 0.2) is 16.9 Å². The summed E-state index contributed by atoms with van der Waals surface area (Å²) in [5.41, 5.74) is 0.987. The molecule has 0 amide bonds. The Balaban J connectivity index is 1.96. The van der Waals surface area contributed by atoms with Crippen molar-refractivity contribution < 1.29 is 9.63 Å². The van der Waals surface area contributed by atoms with Gasteiger partial charge in [-0.25, -0.2) is 0 Å². The standard InChI is InChI=1S/C8H14N2O2/c11-6-5-9-4-1-2-8-3-7-12-10-8/h3,7,9,11H,1-2,4-6H2. The van der Waals surface area contributed by atoms with Gasteiger partial charge in [0.05, 0.1) is 12.3 Å². The van der Waals surface area contributed by atoms with Crippen LogP contribution in [0.5, 0.6) is 0 Å². The predicted molar refractivity (Wildman–Crippen MR) is 44.8 cm³/mol. The fourth-order valence-corrected chi connectivity index (χ4v) is 0.965. The quantitative estimate of drug-likeness (QED) is 0.598. The normalized spacial score (nSPS) is 10.4. The van der Waals surface area contributed by atoms with Gasteiger partial charge in [-0.15, -0.1) is 0 Å². The van der Waals surface area contributed by atoms with Crippen molar-refractivity contribution in [1.29, 1.82) is 0 Å². The van der Waals surface area contributed by atoms with Gasteiger partial charge in [-0.3, -0.25) is 0 Å². The van der Waals surface area contributed by atoms with Gasteiger partial charge < -0.3 is 14.9 Å². The van der Waals surface area contributed by atoms with Crippen LogP contribution in [-0.4, -0.2) is 30.0 Å². The number of aliphatic hydroxyl groups excluding tert-OH is 1. The Bertz CT molecular complexity index is 187. The van der Waals surface area contributed by atoms with Gasteiger partial charge in [0.2, 0.25) is 0 Å². The number of aliphatic hydroxyl groups is 1. The fourth-order valence-electron chi connectivity index (χ4n) is 0.965. The number of aromatic nitrogens is 1. The van der Waals surface area contributed by atoms with E-state index in [2.05, 4.69) is 15.0 Å². The topological polar surface area (TPSA) is 58.3 Å². The lowest BCUT2D eigenvalue weighted by molar-refractivity contribution is 0.292. The molecule has 0 saturated carbocycles. The van der Waals surface area contributed by atoms with Crippen molar-refractivity contribution in [3.05, 3.63) is 18.0 Å². The number of aryl methyl sites for hydroxylation is 1. The summed E-state index contributed by atoms with van der Waals surface area (Å²) < 4.78 is 4.68. The summed E-state index contributed by atoms with van der Waals surface area (Å²) in [5, 5.41) is 15.3. The molecule has 0 radical (unpaired) electrons. The fraction of sp³-hybridized carbons (Fsp3) is 0.625. The third-order valence-corrected chi connectivity index (χ3v) is 1.57. The number of hydrogen-bond acceptors (Lipinski definition) is 4. The first kappa shape index (κ1) is 9.22. The molecule has 0 spiro atoms. The molecule has 1 aromatic heterocycles. The maximum absolute atomic E-state index is 8.46. The molecule has 0 bridgehead atoms. The van der Waals surface area contributed by atoms with E-state index < -0.39 is 0 Å². The van der Waals surface area contributed by atoms with E-state index in [0.717, 1.165) is 25.1 Å². The Morgan fingerprint density at radius 3 is 3.08 bits per heavy atom. The summed E-state index contributed by atoms with van der Waals surface area (Å²) in [4.78, 5) is 0. The third-order valence-electron chi connectivity index (χ3n) is 1.57. The van der Waals surface area contributed by atoms with Crippen molar-refractivity contribution in [1.82, 2.24) is 10.5 Å². The van der Waals surface area contributed by atoms with Crippen molar-refractivity contribution in [2.45, 2.75) is 12.8 Å². The molecule has 0 atom stereocenters. The lowest BCUT2D eigenvalue weighted by Crippen LogP contribution is -2.19. The highest BCUT2D eigenvalue weighted by Crippen LogP contribution is 1.97. The van der Waals surface area contributed by atoms with Crippen molar-refractivity contribution in [2.75, 3.05) is 19.7 Å². The molecule has 0 unspecified atom stereocenters. The molecule has 0 saturated heterocycles. The van der Waals surface area contributed by atoms with Gasteiger partial charge in [0.1, 0.15) is 6.26 Å². The van der Waals surface area contributed by atoms with E-state index in [0.29, 0.717) is 6.54 Å². The van der Waals surface area contributed by atoms with Crippen LogP contribution in [0, 0.1) is 0 Å². The van der Waals surface area contributed by atoms with Crippen LogP contribution in [0.3, 0.4) is 0 Å². The van der Waals surface area contributed by atoms with Crippen molar-refractivity contribution in [3.8, 4) is 0 Å². The summed E-state index contributed by atoms with van der Waals surface area (Å²) in [6.45, 7) is 1.77. The van der Waals surface area contributed by atoms with E-state index in [1.54, 1.807) is 6.26 Å². The molecule has 68 valence electrons. The predicted octanol–water partition coefficient (Wildman–Crippen LogP) is 0.189. The minimum atomic E-state index is 0.198. The number of rotatable bonds is 6. The zero-order valence-corrected chi connectivity index (χ0v) is 6.99. The van der Waals surface area contributed by atoms with Crippen LogP contribution in [0.25, 0.3) is 0 Å². The highest BCUT2D eigenvalue weighted by atomic mass is 16.5. The Labute approximate surface area is 71.6 Å². The van der Waals surface area contributed by atoms with E-state index in [1.165, 1.54) is 0 Å². The van der Waals surface area contributed by atoms with E-state index in [-0.39, 0.29) is 6.61 Å². The molecule has 0 aliphatic carbocycles. The Morgan fingerprint density at radius 1 is 1.50 bits per heavy atom. The van der Waals surface area contributed by atoms with E-state index in [9.17, 15) is 0 Å². The zero-order valence-electron chi connectivity index (χ0n) is 6.99. The van der Waals surface area contributed by atoms with Gasteiger partial charge in [-0.05, 0) is 19.4 Å². The highest BCUT2D eigenvalue weighted by molar-refractivity contribution is 4.94. The maximum Gasteiger partial charge on any atom is 0.124 e. The molecule has 1 rings (SSSR count). The van der Waals surface area contributed by atoms with E-state index >= 15 is 0 Å². The molecule has 1 aromatic rings.